The third kappa shape index (κ3) is 1.34. The van der Waals surface area contributed by atoms with E-state index in [1.165, 1.54) is 0 Å². The number of phenols is 1. The number of hydrogen-bond acceptors (Lipinski definition) is 7. The van der Waals surface area contributed by atoms with Crippen molar-refractivity contribution in [2.45, 2.75) is 0 Å². The Hall–Kier alpha value is -3.48. The first-order valence-electron chi connectivity index (χ1n) is 6.68. The van der Waals surface area contributed by atoms with Crippen LogP contribution in [0.1, 0.15) is 10.4 Å². The molecule has 1 aromatic heterocycles. The lowest BCUT2D eigenvalue weighted by Gasteiger charge is -2.19. The van der Waals surface area contributed by atoms with Gasteiger partial charge in [0.05, 0.1) is 0 Å². The normalized spacial score (nSPS) is 13.8. The molecule has 112 valence electrons. The Morgan fingerprint density at radius 3 is 2.39 bits per heavy atom. The average molecular weight is 310 g/mol. The minimum absolute atomic E-state index is 0.00499. The van der Waals surface area contributed by atoms with Gasteiger partial charge in [0.2, 0.25) is 11.2 Å². The van der Waals surface area contributed by atoms with E-state index in [0.717, 1.165) is 0 Å². The summed E-state index contributed by atoms with van der Waals surface area (Å²) < 4.78 is 10.6. The van der Waals surface area contributed by atoms with E-state index < -0.39 is 17.1 Å². The van der Waals surface area contributed by atoms with Crippen LogP contribution in [-0.4, -0.2) is 11.1 Å². The van der Waals surface area contributed by atoms with Crippen molar-refractivity contribution >= 4 is 16.9 Å². The van der Waals surface area contributed by atoms with Gasteiger partial charge in [-0.2, -0.15) is 0 Å². The Kier molecular flexibility index (Phi) is 2.02. The SMILES string of the molecule is O=C1Oc2c3c(O)c4c(=O)c(c(-c5ccccc5)oc4c21)OO3. The molecule has 3 bridgehead atoms. The lowest BCUT2D eigenvalue weighted by Crippen LogP contribution is -2.22. The molecule has 0 unspecified atom stereocenters. The van der Waals surface area contributed by atoms with Crippen LogP contribution in [-0.2, 0) is 0 Å². The highest BCUT2D eigenvalue weighted by Crippen LogP contribution is 2.52. The quantitative estimate of drug-likeness (QED) is 0.544. The number of esters is 1. The van der Waals surface area contributed by atoms with Crippen molar-refractivity contribution in [2.75, 3.05) is 0 Å². The van der Waals surface area contributed by atoms with E-state index in [4.69, 9.17) is 18.9 Å². The molecule has 1 N–H and O–H groups in total. The van der Waals surface area contributed by atoms with Crippen molar-refractivity contribution in [1.29, 1.82) is 0 Å². The van der Waals surface area contributed by atoms with Crippen LogP contribution < -0.4 is 19.9 Å². The van der Waals surface area contributed by atoms with E-state index in [2.05, 4.69) is 0 Å². The highest BCUT2D eigenvalue weighted by molar-refractivity contribution is 6.14. The summed E-state index contributed by atoms with van der Waals surface area (Å²) in [4.78, 5) is 34.4. The first-order valence-corrected chi connectivity index (χ1v) is 6.68. The number of aromatic hydroxyl groups is 1. The Labute approximate surface area is 127 Å². The van der Waals surface area contributed by atoms with Crippen LogP contribution in [0.25, 0.3) is 22.3 Å². The van der Waals surface area contributed by atoms with Gasteiger partial charge in [-0.1, -0.05) is 30.3 Å². The Morgan fingerprint density at radius 2 is 1.65 bits per heavy atom. The maximum atomic E-state index is 12.6. The van der Waals surface area contributed by atoms with Crippen LogP contribution in [0, 0.1) is 0 Å². The molecule has 0 fully saturated rings. The molecule has 0 spiro atoms. The molecule has 23 heavy (non-hydrogen) atoms. The Bertz CT molecular complexity index is 1080. The molecule has 0 atom stereocenters. The number of hydrogen-bond donors (Lipinski definition) is 1. The molecule has 0 saturated carbocycles. The molecule has 7 heteroatoms. The molecule has 2 aliphatic rings. The van der Waals surface area contributed by atoms with Crippen LogP contribution in [0.2, 0.25) is 0 Å². The van der Waals surface area contributed by atoms with Crippen molar-refractivity contribution in [3.05, 3.63) is 46.1 Å². The smallest absolute Gasteiger partial charge is 0.351 e. The minimum atomic E-state index is -0.660. The van der Waals surface area contributed by atoms with Crippen LogP contribution >= 0.6 is 0 Å². The van der Waals surface area contributed by atoms with E-state index in [1.807, 2.05) is 0 Å². The van der Waals surface area contributed by atoms with Gasteiger partial charge in [-0.15, -0.1) is 0 Å². The number of phenolic OH excluding ortho intramolecular Hbond substituents is 1. The van der Waals surface area contributed by atoms with Crippen molar-refractivity contribution in [2.24, 2.45) is 0 Å². The van der Waals surface area contributed by atoms with Gasteiger partial charge in [-0.05, 0) is 0 Å². The molecule has 0 aliphatic carbocycles. The molecule has 0 saturated heterocycles. The number of fused-ring (bicyclic) bond motifs is 5. The summed E-state index contributed by atoms with van der Waals surface area (Å²) in [6, 6.07) is 8.76. The zero-order valence-corrected chi connectivity index (χ0v) is 11.3. The first-order chi connectivity index (χ1) is 11.2. The van der Waals surface area contributed by atoms with E-state index in [-0.39, 0.29) is 39.5 Å². The topological polar surface area (TPSA) is 95.2 Å². The minimum Gasteiger partial charge on any atom is -0.503 e. The van der Waals surface area contributed by atoms with Gasteiger partial charge in [-0.3, -0.25) is 14.6 Å². The molecule has 3 heterocycles. The van der Waals surface area contributed by atoms with Gasteiger partial charge in [0.25, 0.3) is 11.5 Å². The maximum Gasteiger partial charge on any atom is 0.351 e. The third-order valence-corrected chi connectivity index (χ3v) is 3.83. The largest absolute Gasteiger partial charge is 0.503 e. The number of ether oxygens (including phenoxy) is 1. The number of rotatable bonds is 1. The van der Waals surface area contributed by atoms with Gasteiger partial charge in [-0.25, -0.2) is 4.79 Å². The molecule has 3 aromatic rings. The monoisotopic (exact) mass is 310 g/mol. The van der Waals surface area contributed by atoms with Crippen LogP contribution in [0.15, 0.2) is 39.5 Å². The lowest BCUT2D eigenvalue weighted by molar-refractivity contribution is -0.103. The molecule has 0 radical (unpaired) electrons. The fourth-order valence-electron chi connectivity index (χ4n) is 2.74. The summed E-state index contributed by atoms with van der Waals surface area (Å²) in [5, 5.41) is 10.0. The number of carbonyl (C=O) groups is 1. The predicted octanol–water partition coefficient (Wildman–Crippen LogP) is 2.38. The van der Waals surface area contributed by atoms with Crippen molar-refractivity contribution in [1.82, 2.24) is 0 Å². The highest BCUT2D eigenvalue weighted by atomic mass is 17.2. The molecule has 2 aromatic carbocycles. The van der Waals surface area contributed by atoms with Crippen molar-refractivity contribution in [3.63, 3.8) is 0 Å². The van der Waals surface area contributed by atoms with Crippen LogP contribution in [0.5, 0.6) is 23.0 Å². The van der Waals surface area contributed by atoms with E-state index in [1.54, 1.807) is 30.3 Å². The van der Waals surface area contributed by atoms with Crippen LogP contribution in [0.4, 0.5) is 0 Å². The summed E-state index contributed by atoms with van der Waals surface area (Å²) in [6.45, 7) is 0. The highest BCUT2D eigenvalue weighted by Gasteiger charge is 2.42. The summed E-state index contributed by atoms with van der Waals surface area (Å²) in [6.07, 6.45) is 0. The van der Waals surface area contributed by atoms with Crippen molar-refractivity contribution < 1.29 is 28.8 Å². The molecular weight excluding hydrogens is 304 g/mol. The third-order valence-electron chi connectivity index (χ3n) is 3.83. The zero-order valence-electron chi connectivity index (χ0n) is 11.3. The predicted molar refractivity (Wildman–Crippen MR) is 75.8 cm³/mol. The van der Waals surface area contributed by atoms with Gasteiger partial charge in [0, 0.05) is 5.56 Å². The average Bonchev–Trinajstić information content (AvgIpc) is 2.60. The summed E-state index contributed by atoms with van der Waals surface area (Å²) in [7, 11) is 0. The van der Waals surface area contributed by atoms with Gasteiger partial charge >= 0.3 is 5.97 Å². The van der Waals surface area contributed by atoms with Gasteiger partial charge in [0.15, 0.2) is 22.7 Å². The summed E-state index contributed by atoms with van der Waals surface area (Å²) in [5.41, 5.74) is -0.0436. The number of benzene rings is 2. The van der Waals surface area contributed by atoms with E-state index in [0.29, 0.717) is 5.56 Å². The van der Waals surface area contributed by atoms with Gasteiger partial charge in [0.1, 0.15) is 5.39 Å². The fraction of sp³-hybridized carbons (Fsp3) is 0. The molecule has 5 rings (SSSR count). The fourth-order valence-corrected chi connectivity index (χ4v) is 2.74. The van der Waals surface area contributed by atoms with Gasteiger partial charge < -0.3 is 14.3 Å². The van der Waals surface area contributed by atoms with E-state index >= 15 is 0 Å². The Balaban J connectivity index is 2.00. The first kappa shape index (κ1) is 12.1. The molecule has 2 aliphatic heterocycles. The number of carbonyl (C=O) groups excluding carboxylic acids is 1. The molecule has 7 nitrogen and oxygen atoms in total. The van der Waals surface area contributed by atoms with Crippen molar-refractivity contribution in [3.8, 4) is 34.3 Å². The second-order valence-corrected chi connectivity index (χ2v) is 5.10. The zero-order chi connectivity index (χ0) is 15.7. The lowest BCUT2D eigenvalue weighted by atomic mass is 10.0. The maximum absolute atomic E-state index is 12.6. The van der Waals surface area contributed by atoms with E-state index in [9.17, 15) is 14.7 Å². The molecule has 0 amide bonds. The summed E-state index contributed by atoms with van der Waals surface area (Å²) >= 11 is 0. The van der Waals surface area contributed by atoms with Crippen LogP contribution in [0.3, 0.4) is 0 Å². The second-order valence-electron chi connectivity index (χ2n) is 5.10. The standard InChI is InChI=1S/C16H6O7/c17-9-7-10(18)15-13-8(16(19)21-13)12(7)20-11(14(9)22-23-15)6-4-2-1-3-5-6/h1-5,18H. The molecular formula is C16H6O7. The Morgan fingerprint density at radius 1 is 0.913 bits per heavy atom. The second kappa shape index (κ2) is 3.83. The summed E-state index contributed by atoms with van der Waals surface area (Å²) in [5.74, 6) is -1.44.